The Labute approximate surface area is 93.8 Å². The zero-order valence-electron chi connectivity index (χ0n) is 5.55. The molecule has 0 saturated carbocycles. The summed E-state index contributed by atoms with van der Waals surface area (Å²) in [5.74, 6) is 0. The van der Waals surface area contributed by atoms with E-state index in [1.807, 2.05) is 0 Å². The lowest BCUT2D eigenvalue weighted by Gasteiger charge is -2.33. The quantitative estimate of drug-likeness (QED) is 0.685. The van der Waals surface area contributed by atoms with Crippen molar-refractivity contribution in [2.75, 3.05) is 7.11 Å². The highest BCUT2D eigenvalue weighted by Gasteiger charge is 2.64. The van der Waals surface area contributed by atoms with Crippen LogP contribution in [0.4, 0.5) is 13.2 Å². The Morgan fingerprint density at radius 2 is 1.50 bits per heavy atom. The maximum atomic E-state index is 12.1. The van der Waals surface area contributed by atoms with Gasteiger partial charge in [0.05, 0.1) is 0 Å². The number of alkyl halides is 7. The summed E-state index contributed by atoms with van der Waals surface area (Å²) < 4.78 is 35.6. The lowest BCUT2D eigenvalue weighted by atomic mass is 10.4. The molecule has 0 aromatic carbocycles. The summed E-state index contributed by atoms with van der Waals surface area (Å²) in [6, 6.07) is 0. The predicted molar refractivity (Wildman–Crippen MR) is 48.1 cm³/mol. The van der Waals surface area contributed by atoms with Gasteiger partial charge in [0.25, 0.3) is 0 Å². The molecule has 0 amide bonds. The van der Waals surface area contributed by atoms with Crippen LogP contribution in [0, 0.1) is 0 Å². The van der Waals surface area contributed by atoms with Crippen LogP contribution in [0.15, 0.2) is 0 Å². The average molecular weight is 355 g/mol. The number of methoxy groups -OCH3 is 1. The van der Waals surface area contributed by atoms with E-state index in [1.54, 1.807) is 0 Å². The zero-order valence-corrected chi connectivity index (χ0v) is 10.2. The Hall–Kier alpha value is 1.29. The van der Waals surface area contributed by atoms with E-state index in [2.05, 4.69) is 36.6 Å². The van der Waals surface area contributed by atoms with Crippen LogP contribution in [0.1, 0.15) is 0 Å². The molecule has 0 saturated heterocycles. The van der Waals surface area contributed by atoms with Gasteiger partial charge in [0.1, 0.15) is 0 Å². The average Bonchev–Trinajstić information content (AvgIpc) is 1.85. The van der Waals surface area contributed by atoms with E-state index in [0.29, 0.717) is 0 Å². The maximum absolute atomic E-state index is 12.1. The molecule has 1 nitrogen and oxygen atoms in total. The second kappa shape index (κ2) is 3.81. The van der Waals surface area contributed by atoms with Crippen LogP contribution in [0.5, 0.6) is 0 Å². The Kier molecular flexibility index (Phi) is 4.21. The zero-order chi connectivity index (χ0) is 10.2. The third-order valence-corrected chi connectivity index (χ3v) is 4.91. The van der Waals surface area contributed by atoms with Crippen molar-refractivity contribution in [2.24, 2.45) is 0 Å². The van der Waals surface area contributed by atoms with Gasteiger partial charge in [-0.3, -0.25) is 0 Å². The van der Waals surface area contributed by atoms with Gasteiger partial charge in [0.2, 0.25) is 7.75 Å². The summed E-state index contributed by atoms with van der Waals surface area (Å²) in [6.07, 6.45) is -4.74. The van der Waals surface area contributed by atoms with Gasteiger partial charge in [-0.15, -0.1) is 0 Å². The van der Waals surface area contributed by atoms with Gasteiger partial charge < -0.3 is 4.74 Å². The van der Waals surface area contributed by atoms with Crippen molar-refractivity contribution in [1.82, 2.24) is 0 Å². The fourth-order valence-electron chi connectivity index (χ4n) is 0.293. The number of halogens is 7. The van der Waals surface area contributed by atoms with E-state index in [4.69, 9.17) is 23.2 Å². The highest BCUT2D eigenvalue weighted by atomic mass is 79.9. The summed E-state index contributed by atoms with van der Waals surface area (Å²) in [6.45, 7) is 0. The van der Waals surface area contributed by atoms with Crippen LogP contribution in [0.2, 0.25) is 0 Å². The van der Waals surface area contributed by atoms with Gasteiger partial charge in [-0.25, -0.2) is 0 Å². The Morgan fingerprint density at radius 3 is 1.58 bits per heavy atom. The predicted octanol–water partition coefficient (Wildman–Crippen LogP) is 3.81. The first-order chi connectivity index (χ1) is 5.06. The molecular weight excluding hydrogens is 352 g/mol. The normalized spacial score (nSPS) is 23.0. The van der Waals surface area contributed by atoms with Crippen LogP contribution < -0.4 is 0 Å². The van der Waals surface area contributed by atoms with Gasteiger partial charge in [0, 0.05) is 7.11 Å². The number of hydrogen-bond acceptors (Lipinski definition) is 1. The number of hydrogen-bond donors (Lipinski definition) is 0. The summed E-state index contributed by atoms with van der Waals surface area (Å²) in [7, 11) is 0.992. The molecule has 0 fully saturated rings. The lowest BCUT2D eigenvalue weighted by molar-refractivity contribution is -0.155. The van der Waals surface area contributed by atoms with Gasteiger partial charge >= 0.3 is 6.18 Å². The van der Waals surface area contributed by atoms with Crippen LogP contribution in [-0.2, 0) is 4.74 Å². The van der Waals surface area contributed by atoms with Crippen molar-refractivity contribution in [1.29, 1.82) is 0 Å². The highest BCUT2D eigenvalue weighted by molar-refractivity contribution is 9.13. The van der Waals surface area contributed by atoms with Crippen LogP contribution in [-0.4, -0.2) is 21.0 Å². The first-order valence-electron chi connectivity index (χ1n) is 2.44. The summed E-state index contributed by atoms with van der Waals surface area (Å²) in [4.78, 5) is 0. The fourth-order valence-corrected chi connectivity index (χ4v) is 0.864. The topological polar surface area (TPSA) is 9.23 Å². The molecule has 12 heavy (non-hydrogen) atoms. The van der Waals surface area contributed by atoms with Crippen LogP contribution in [0.25, 0.3) is 0 Å². The molecule has 0 bridgehead atoms. The van der Waals surface area contributed by atoms with Gasteiger partial charge in [0.15, 0.2) is 0 Å². The molecule has 0 aliphatic rings. The Morgan fingerprint density at radius 1 is 1.17 bits per heavy atom. The monoisotopic (exact) mass is 352 g/mol. The van der Waals surface area contributed by atoms with Gasteiger partial charge in [-0.05, 0) is 15.9 Å². The first kappa shape index (κ1) is 13.3. The summed E-state index contributed by atoms with van der Waals surface area (Å²) in [5, 5.41) is 0. The molecule has 0 aliphatic carbocycles. The van der Waals surface area contributed by atoms with E-state index < -0.39 is 13.9 Å². The van der Waals surface area contributed by atoms with Crippen molar-refractivity contribution in [3.05, 3.63) is 0 Å². The lowest BCUT2D eigenvalue weighted by Crippen LogP contribution is -2.48. The van der Waals surface area contributed by atoms with Crippen LogP contribution >= 0.6 is 55.1 Å². The third-order valence-electron chi connectivity index (χ3n) is 0.978. The Balaban J connectivity index is 4.85. The van der Waals surface area contributed by atoms with Gasteiger partial charge in [-0.2, -0.15) is 13.2 Å². The van der Waals surface area contributed by atoms with Crippen molar-refractivity contribution >= 4 is 55.1 Å². The minimum Gasteiger partial charge on any atom is -0.351 e. The minimum atomic E-state index is -4.74. The van der Waals surface area contributed by atoms with E-state index >= 15 is 0 Å². The molecule has 8 heteroatoms. The molecule has 0 rings (SSSR count). The molecule has 0 aromatic heterocycles. The number of rotatable bonds is 2. The largest absolute Gasteiger partial charge is 0.422 e. The standard InChI is InChI=1S/C4H3Br2Cl2F3O/c1-12-3(6,8)2(5,7)4(9,10)11/h1H3. The highest BCUT2D eigenvalue weighted by Crippen LogP contribution is 2.54. The molecular formula is C4H3Br2Cl2F3O. The summed E-state index contributed by atoms with van der Waals surface area (Å²) in [5.41, 5.74) is 0. The first-order valence-corrected chi connectivity index (χ1v) is 4.78. The molecule has 0 spiro atoms. The third kappa shape index (κ3) is 2.41. The molecule has 0 heterocycles. The maximum Gasteiger partial charge on any atom is 0.422 e. The molecule has 0 aliphatic heterocycles. The van der Waals surface area contributed by atoms with Crippen LogP contribution in [0.3, 0.4) is 0 Å². The van der Waals surface area contributed by atoms with Crippen molar-refractivity contribution in [3.8, 4) is 0 Å². The Bertz CT molecular complexity index is 170. The molecule has 74 valence electrons. The van der Waals surface area contributed by atoms with Crippen molar-refractivity contribution in [2.45, 2.75) is 13.9 Å². The van der Waals surface area contributed by atoms with Crippen molar-refractivity contribution < 1.29 is 17.9 Å². The number of ether oxygens (including phenoxy) is 1. The second-order valence-electron chi connectivity index (χ2n) is 1.79. The second-order valence-corrected chi connectivity index (χ2v) is 6.11. The van der Waals surface area contributed by atoms with Crippen molar-refractivity contribution in [3.63, 3.8) is 0 Å². The van der Waals surface area contributed by atoms with Gasteiger partial charge in [-0.1, -0.05) is 39.1 Å². The fraction of sp³-hybridized carbons (Fsp3) is 1.00. The molecule has 0 N–H and O–H groups in total. The smallest absolute Gasteiger partial charge is 0.351 e. The molecule has 0 radical (unpaired) electrons. The molecule has 0 aromatic rings. The van der Waals surface area contributed by atoms with E-state index in [0.717, 1.165) is 7.11 Å². The molecule has 2 atom stereocenters. The SMILES string of the molecule is COC(Cl)(Br)C(Cl)(Br)C(F)(F)F. The molecule has 2 unspecified atom stereocenters. The minimum absolute atomic E-state index is 0.992. The summed E-state index contributed by atoms with van der Waals surface area (Å²) >= 11 is 15.1. The van der Waals surface area contributed by atoms with E-state index in [-0.39, 0.29) is 0 Å². The van der Waals surface area contributed by atoms with E-state index in [9.17, 15) is 13.2 Å². The van der Waals surface area contributed by atoms with E-state index in [1.165, 1.54) is 0 Å².